The van der Waals surface area contributed by atoms with E-state index in [1.54, 1.807) is 6.07 Å². The van der Waals surface area contributed by atoms with Gasteiger partial charge in [0, 0.05) is 6.07 Å². The molecule has 0 spiro atoms. The molecule has 0 saturated carbocycles. The number of rotatable bonds is 0. The van der Waals surface area contributed by atoms with Gasteiger partial charge in [-0.1, -0.05) is 0 Å². The van der Waals surface area contributed by atoms with E-state index in [4.69, 9.17) is 0 Å². The second-order valence-electron chi connectivity index (χ2n) is 1.10. The molecule has 0 saturated heterocycles. The second-order valence-corrected chi connectivity index (χ2v) is 1.10. The average Bonchev–Trinajstić information content (AvgIpc) is 1.86. The Kier molecular flexibility index (Phi) is 0.582. The van der Waals surface area contributed by atoms with Gasteiger partial charge in [0.05, 0.1) is 0 Å². The molecule has 0 bridgehead atoms. The highest BCUT2D eigenvalue weighted by molar-refractivity contribution is 4.86. The Morgan fingerprint density at radius 2 is 2.67 bits per heavy atom. The fourth-order valence-electron chi connectivity index (χ4n) is 0.271. The molecular weight excluding hydrogens is 76.1 g/mol. The van der Waals surface area contributed by atoms with Gasteiger partial charge in [-0.3, -0.25) is 0 Å². The van der Waals surface area contributed by atoms with Gasteiger partial charge in [0.15, 0.2) is 0 Å². The highest BCUT2D eigenvalue weighted by atomic mass is 16.3. The molecule has 1 heterocycles. The van der Waals surface area contributed by atoms with E-state index < -0.39 is 0 Å². The van der Waals surface area contributed by atoms with Crippen LogP contribution in [-0.2, 0) is 0 Å². The third-order valence-corrected chi connectivity index (χ3v) is 0.546. The molecule has 0 aliphatic carbocycles. The van der Waals surface area contributed by atoms with Crippen molar-refractivity contribution in [2.24, 2.45) is 0 Å². The highest BCUT2D eigenvalue weighted by Gasteiger charge is 1.73. The lowest BCUT2D eigenvalue weighted by atomic mass is 10.5. The topological polar surface area (TPSA) is 13.1 Å². The molecule has 0 aromatic carbocycles. The predicted octanol–water partition coefficient (Wildman–Crippen LogP) is 1.19. The van der Waals surface area contributed by atoms with Crippen LogP contribution < -0.4 is 0 Å². The molecule has 30 valence electrons. The van der Waals surface area contributed by atoms with E-state index in [0.29, 0.717) is 0 Å². The normalized spacial score (nSPS) is 7.50. The van der Waals surface area contributed by atoms with Crippen LogP contribution in [-0.4, -0.2) is 0 Å². The van der Waals surface area contributed by atoms with Crippen molar-refractivity contribution in [2.75, 3.05) is 0 Å². The van der Waals surface area contributed by atoms with Crippen molar-refractivity contribution < 1.29 is 4.42 Å². The second kappa shape index (κ2) is 1.06. The summed E-state index contributed by atoms with van der Waals surface area (Å²) in [6.07, 6.45) is 2.43. The molecule has 0 aliphatic rings. The van der Waals surface area contributed by atoms with Gasteiger partial charge >= 0.3 is 0 Å². The lowest BCUT2D eigenvalue weighted by Gasteiger charge is -1.66. The van der Waals surface area contributed by atoms with Crippen molar-refractivity contribution in [1.82, 2.24) is 0 Å². The summed E-state index contributed by atoms with van der Waals surface area (Å²) in [5, 5.41) is 0. The Morgan fingerprint density at radius 3 is 2.83 bits per heavy atom. The molecule has 0 atom stereocenters. The Morgan fingerprint density at radius 1 is 1.83 bits per heavy atom. The third-order valence-electron chi connectivity index (χ3n) is 0.546. The Labute approximate surface area is 36.6 Å². The van der Waals surface area contributed by atoms with Crippen molar-refractivity contribution in [3.8, 4) is 0 Å². The third kappa shape index (κ3) is 0.367. The summed E-state index contributed by atoms with van der Waals surface area (Å²) in [7, 11) is 0. The van der Waals surface area contributed by atoms with Crippen molar-refractivity contribution in [2.45, 2.75) is 6.92 Å². The van der Waals surface area contributed by atoms with Crippen molar-refractivity contribution in [3.63, 3.8) is 0 Å². The van der Waals surface area contributed by atoms with Crippen LogP contribution >= 0.6 is 0 Å². The lowest BCUT2D eigenvalue weighted by Crippen LogP contribution is -1.49. The van der Waals surface area contributed by atoms with E-state index in [9.17, 15) is 0 Å². The minimum absolute atomic E-state index is 0.856. The van der Waals surface area contributed by atoms with Gasteiger partial charge in [-0.25, -0.2) is 0 Å². The van der Waals surface area contributed by atoms with Crippen molar-refractivity contribution >= 4 is 0 Å². The standard InChI is InChI=1S/C5H4O/c1-5-3-2-4-6-5/h3H,1H3. The maximum absolute atomic E-state index is 4.65. The van der Waals surface area contributed by atoms with E-state index in [1.807, 2.05) is 6.92 Å². The van der Waals surface area contributed by atoms with Crippen LogP contribution in [0.4, 0.5) is 0 Å². The molecule has 0 N–H and O–H groups in total. The summed E-state index contributed by atoms with van der Waals surface area (Å²) in [6, 6.07) is 4.37. The zero-order valence-electron chi connectivity index (χ0n) is 3.49. The Balaban J connectivity index is 3.05. The summed E-state index contributed by atoms with van der Waals surface area (Å²) in [6.45, 7) is 1.85. The molecule has 6 heavy (non-hydrogen) atoms. The highest BCUT2D eigenvalue weighted by Crippen LogP contribution is 1.86. The molecule has 1 nitrogen and oxygen atoms in total. The molecule has 1 heteroatoms. The Hall–Kier alpha value is -0.900. The first-order valence-electron chi connectivity index (χ1n) is 1.74. The lowest BCUT2D eigenvalue weighted by molar-refractivity contribution is 0.532. The largest absolute Gasteiger partial charge is 0.411 e. The quantitative estimate of drug-likeness (QED) is 0.456. The summed E-state index contributed by atoms with van der Waals surface area (Å²) in [5.74, 6) is 0.856. The van der Waals surface area contributed by atoms with Crippen LogP contribution in [0.15, 0.2) is 10.5 Å². The molecule has 0 aliphatic heterocycles. The van der Waals surface area contributed by atoms with Gasteiger partial charge in [-0.05, 0) is 13.0 Å². The fourth-order valence-corrected chi connectivity index (χ4v) is 0.271. The van der Waals surface area contributed by atoms with E-state index in [0.717, 1.165) is 5.76 Å². The van der Waals surface area contributed by atoms with Crippen LogP contribution in [0.3, 0.4) is 0 Å². The first kappa shape index (κ1) is 3.30. The minimum Gasteiger partial charge on any atom is -0.411 e. The van der Waals surface area contributed by atoms with Gasteiger partial charge in [-0.15, -0.1) is 0 Å². The maximum atomic E-state index is 4.65. The van der Waals surface area contributed by atoms with Gasteiger partial charge in [0.25, 0.3) is 0 Å². The van der Waals surface area contributed by atoms with Crippen LogP contribution in [0.5, 0.6) is 0 Å². The van der Waals surface area contributed by atoms with Crippen molar-refractivity contribution in [3.05, 3.63) is 24.2 Å². The van der Waals surface area contributed by atoms with Crippen LogP contribution in [0.25, 0.3) is 0 Å². The smallest absolute Gasteiger partial charge is 0.122 e. The SMILES string of the molecule is Cc1cc#co1. The molecule has 1 aromatic rings. The van der Waals surface area contributed by atoms with E-state index in [-0.39, 0.29) is 0 Å². The van der Waals surface area contributed by atoms with E-state index in [2.05, 4.69) is 16.7 Å². The molecule has 0 fully saturated rings. The van der Waals surface area contributed by atoms with Gasteiger partial charge in [0.2, 0.25) is 0 Å². The molecular formula is C5H4O. The molecule has 1 aromatic heterocycles. The van der Waals surface area contributed by atoms with Crippen LogP contribution in [0.1, 0.15) is 5.76 Å². The number of hydrogen-bond donors (Lipinski definition) is 0. The fraction of sp³-hybridized carbons (Fsp3) is 0.200. The number of hydrogen-bond acceptors (Lipinski definition) is 1. The first-order chi connectivity index (χ1) is 2.89. The van der Waals surface area contributed by atoms with E-state index >= 15 is 0 Å². The summed E-state index contributed by atoms with van der Waals surface area (Å²) in [4.78, 5) is 0. The predicted molar refractivity (Wildman–Crippen MR) is 21.1 cm³/mol. The zero-order valence-corrected chi connectivity index (χ0v) is 3.49. The van der Waals surface area contributed by atoms with E-state index in [1.165, 1.54) is 0 Å². The molecule has 0 unspecified atom stereocenters. The molecule has 1 rings (SSSR count). The van der Waals surface area contributed by atoms with Crippen LogP contribution in [0.2, 0.25) is 0 Å². The van der Waals surface area contributed by atoms with Gasteiger partial charge in [0.1, 0.15) is 12.0 Å². The van der Waals surface area contributed by atoms with Gasteiger partial charge < -0.3 is 4.42 Å². The Bertz CT molecular complexity index is 107. The number of aryl methyl sites for hydroxylation is 1. The minimum atomic E-state index is 0.856. The van der Waals surface area contributed by atoms with Crippen molar-refractivity contribution in [1.29, 1.82) is 0 Å². The summed E-state index contributed by atoms with van der Waals surface area (Å²) in [5.41, 5.74) is 0. The molecule has 0 radical (unpaired) electrons. The average molecular weight is 80.1 g/mol. The molecule has 0 amide bonds. The maximum Gasteiger partial charge on any atom is 0.122 e. The monoisotopic (exact) mass is 80.0 g/mol. The first-order valence-corrected chi connectivity index (χ1v) is 1.74. The van der Waals surface area contributed by atoms with Crippen LogP contribution in [0, 0.1) is 19.3 Å². The zero-order chi connectivity index (χ0) is 4.41. The summed E-state index contributed by atoms with van der Waals surface area (Å²) < 4.78 is 4.65. The van der Waals surface area contributed by atoms with Gasteiger partial charge in [-0.2, -0.15) is 0 Å². The summed E-state index contributed by atoms with van der Waals surface area (Å²) >= 11 is 0.